The number of nitrogens with one attached hydrogen (secondary N) is 2. The summed E-state index contributed by atoms with van der Waals surface area (Å²) in [5.41, 5.74) is 0.992. The van der Waals surface area contributed by atoms with E-state index in [1.807, 2.05) is 13.0 Å². The van der Waals surface area contributed by atoms with Gasteiger partial charge in [-0.2, -0.15) is 5.10 Å². The highest BCUT2D eigenvalue weighted by atomic mass is 16.2. The van der Waals surface area contributed by atoms with E-state index in [9.17, 15) is 4.79 Å². The smallest absolute Gasteiger partial charge is 0.227 e. The van der Waals surface area contributed by atoms with Gasteiger partial charge in [0.25, 0.3) is 0 Å². The number of rotatable bonds is 5. The van der Waals surface area contributed by atoms with Crippen LogP contribution in [-0.2, 0) is 11.2 Å². The lowest BCUT2D eigenvalue weighted by molar-refractivity contribution is -0.135. The summed E-state index contributed by atoms with van der Waals surface area (Å²) < 4.78 is 0. The first-order valence-electron chi connectivity index (χ1n) is 8.87. The summed E-state index contributed by atoms with van der Waals surface area (Å²) in [6.45, 7) is 1.96. The van der Waals surface area contributed by atoms with E-state index >= 15 is 0 Å². The molecule has 4 atom stereocenters. The molecule has 1 amide bonds. The molecule has 4 rings (SSSR count). The number of carbonyl (C=O) groups is 1. The van der Waals surface area contributed by atoms with E-state index in [-0.39, 0.29) is 17.4 Å². The number of nitrogens with zero attached hydrogens (tertiary/aromatic N) is 2. The maximum Gasteiger partial charge on any atom is 0.227 e. The standard InChI is InChI=1S/C19H24N4O/c1-13(17-20-12-21-23-17)22-18(24)19(10-14-5-3-2-4-6-14)11-15-7-8-16(19)9-15/h2-6,12-13,15-16H,7-11H2,1H3,(H,22,24)(H,20,21,23). The number of amides is 1. The molecule has 0 saturated heterocycles. The zero-order valence-corrected chi connectivity index (χ0v) is 14.0. The number of hydrogen-bond donors (Lipinski definition) is 2. The number of carbonyl (C=O) groups excluding carboxylic acids is 1. The van der Waals surface area contributed by atoms with Crippen molar-refractivity contribution in [3.05, 3.63) is 48.0 Å². The molecule has 1 heterocycles. The van der Waals surface area contributed by atoms with Gasteiger partial charge in [-0.1, -0.05) is 36.8 Å². The monoisotopic (exact) mass is 324 g/mol. The second-order valence-corrected chi connectivity index (χ2v) is 7.46. The summed E-state index contributed by atoms with van der Waals surface area (Å²) in [5.74, 6) is 2.11. The van der Waals surface area contributed by atoms with Crippen molar-refractivity contribution in [2.24, 2.45) is 17.3 Å². The van der Waals surface area contributed by atoms with E-state index < -0.39 is 0 Å². The Hall–Kier alpha value is -2.17. The third-order valence-electron chi connectivity index (χ3n) is 5.98. The maximum absolute atomic E-state index is 13.3. The minimum absolute atomic E-state index is 0.147. The summed E-state index contributed by atoms with van der Waals surface area (Å²) in [6.07, 6.45) is 7.01. The number of aromatic nitrogens is 3. The van der Waals surface area contributed by atoms with E-state index in [0.717, 1.165) is 12.8 Å². The highest BCUT2D eigenvalue weighted by Gasteiger charge is 2.55. The zero-order valence-electron chi connectivity index (χ0n) is 14.0. The maximum atomic E-state index is 13.3. The summed E-state index contributed by atoms with van der Waals surface area (Å²) >= 11 is 0. The predicted octanol–water partition coefficient (Wildman–Crippen LogP) is 3.03. The van der Waals surface area contributed by atoms with Crippen LogP contribution in [0.1, 0.15) is 50.0 Å². The average molecular weight is 324 g/mol. The third kappa shape index (κ3) is 2.62. The summed E-state index contributed by atoms with van der Waals surface area (Å²) in [5, 5.41) is 9.93. The minimum Gasteiger partial charge on any atom is -0.346 e. The van der Waals surface area contributed by atoms with Crippen LogP contribution < -0.4 is 5.32 Å². The Labute approximate surface area is 142 Å². The van der Waals surface area contributed by atoms with Crippen molar-refractivity contribution in [2.45, 2.75) is 45.1 Å². The van der Waals surface area contributed by atoms with Gasteiger partial charge in [0, 0.05) is 0 Å². The van der Waals surface area contributed by atoms with Crippen LogP contribution in [0.15, 0.2) is 36.7 Å². The largest absolute Gasteiger partial charge is 0.346 e. The minimum atomic E-state index is -0.265. The van der Waals surface area contributed by atoms with Crippen LogP contribution >= 0.6 is 0 Å². The molecule has 24 heavy (non-hydrogen) atoms. The molecule has 0 spiro atoms. The Balaban J connectivity index is 1.57. The summed E-state index contributed by atoms with van der Waals surface area (Å²) in [4.78, 5) is 17.5. The molecule has 2 bridgehead atoms. The second-order valence-electron chi connectivity index (χ2n) is 7.46. The number of aromatic amines is 1. The molecule has 0 radical (unpaired) electrons. The van der Waals surface area contributed by atoms with Crippen molar-refractivity contribution in [3.63, 3.8) is 0 Å². The van der Waals surface area contributed by atoms with Crippen molar-refractivity contribution in [3.8, 4) is 0 Å². The lowest BCUT2D eigenvalue weighted by atomic mass is 9.68. The lowest BCUT2D eigenvalue weighted by Crippen LogP contribution is -2.47. The van der Waals surface area contributed by atoms with Gasteiger partial charge in [0.05, 0.1) is 11.5 Å². The van der Waals surface area contributed by atoms with Gasteiger partial charge in [-0.3, -0.25) is 9.89 Å². The van der Waals surface area contributed by atoms with Crippen LogP contribution in [0.25, 0.3) is 0 Å². The van der Waals surface area contributed by atoms with Crippen LogP contribution in [0.4, 0.5) is 0 Å². The first-order chi connectivity index (χ1) is 11.7. The van der Waals surface area contributed by atoms with Crippen molar-refractivity contribution in [2.75, 3.05) is 0 Å². The molecule has 4 unspecified atom stereocenters. The molecular weight excluding hydrogens is 300 g/mol. The molecule has 126 valence electrons. The lowest BCUT2D eigenvalue weighted by Gasteiger charge is -2.37. The van der Waals surface area contributed by atoms with Crippen LogP contribution in [0.3, 0.4) is 0 Å². The molecule has 0 aliphatic heterocycles. The van der Waals surface area contributed by atoms with Gasteiger partial charge in [-0.15, -0.1) is 0 Å². The Bertz CT molecular complexity index is 699. The topological polar surface area (TPSA) is 70.7 Å². The average Bonchev–Trinajstić information content (AvgIpc) is 3.33. The van der Waals surface area contributed by atoms with Gasteiger partial charge < -0.3 is 5.32 Å². The van der Waals surface area contributed by atoms with Gasteiger partial charge in [0.2, 0.25) is 5.91 Å². The molecule has 2 aliphatic carbocycles. The van der Waals surface area contributed by atoms with E-state index in [1.165, 1.54) is 31.2 Å². The van der Waals surface area contributed by atoms with E-state index in [0.29, 0.717) is 17.7 Å². The Morgan fingerprint density at radius 3 is 2.83 bits per heavy atom. The SMILES string of the molecule is CC(NC(=O)C1(Cc2ccccc2)CC2CCC1C2)c1ncn[nH]1. The van der Waals surface area contributed by atoms with E-state index in [4.69, 9.17) is 0 Å². The Morgan fingerprint density at radius 2 is 2.21 bits per heavy atom. The quantitative estimate of drug-likeness (QED) is 0.888. The number of H-pyrrole nitrogens is 1. The number of benzene rings is 1. The number of fused-ring (bicyclic) bond motifs is 2. The summed E-state index contributed by atoms with van der Waals surface area (Å²) in [6, 6.07) is 10.3. The first-order valence-corrected chi connectivity index (χ1v) is 8.87. The van der Waals surface area contributed by atoms with Gasteiger partial charge in [0.1, 0.15) is 12.2 Å². The molecule has 5 nitrogen and oxygen atoms in total. The molecule has 5 heteroatoms. The fraction of sp³-hybridized carbons (Fsp3) is 0.526. The molecule has 1 aromatic carbocycles. The second kappa shape index (κ2) is 6.04. The Kier molecular flexibility index (Phi) is 3.87. The number of hydrogen-bond acceptors (Lipinski definition) is 3. The van der Waals surface area contributed by atoms with E-state index in [2.05, 4.69) is 44.8 Å². The molecular formula is C19H24N4O. The van der Waals surface area contributed by atoms with Gasteiger partial charge in [-0.05, 0) is 50.0 Å². The molecule has 1 aromatic heterocycles. The Morgan fingerprint density at radius 1 is 1.38 bits per heavy atom. The predicted molar refractivity (Wildman–Crippen MR) is 91.0 cm³/mol. The molecule has 2 saturated carbocycles. The van der Waals surface area contributed by atoms with Crippen molar-refractivity contribution in [1.82, 2.24) is 20.5 Å². The van der Waals surface area contributed by atoms with Gasteiger partial charge >= 0.3 is 0 Å². The fourth-order valence-corrected chi connectivity index (χ4v) is 4.81. The normalized spacial score (nSPS) is 29.5. The van der Waals surface area contributed by atoms with Crippen LogP contribution in [0.2, 0.25) is 0 Å². The summed E-state index contributed by atoms with van der Waals surface area (Å²) in [7, 11) is 0. The van der Waals surface area contributed by atoms with Crippen LogP contribution in [0.5, 0.6) is 0 Å². The van der Waals surface area contributed by atoms with Crippen molar-refractivity contribution < 1.29 is 4.79 Å². The van der Waals surface area contributed by atoms with E-state index in [1.54, 1.807) is 0 Å². The fourth-order valence-electron chi connectivity index (χ4n) is 4.81. The zero-order chi connectivity index (χ0) is 16.6. The highest BCUT2D eigenvalue weighted by molar-refractivity contribution is 5.84. The first kappa shape index (κ1) is 15.4. The van der Waals surface area contributed by atoms with Crippen LogP contribution in [0, 0.1) is 17.3 Å². The molecule has 2 aliphatic rings. The highest BCUT2D eigenvalue weighted by Crippen LogP contribution is 2.57. The van der Waals surface area contributed by atoms with Crippen LogP contribution in [-0.4, -0.2) is 21.1 Å². The van der Waals surface area contributed by atoms with Gasteiger partial charge in [-0.25, -0.2) is 4.98 Å². The van der Waals surface area contributed by atoms with Crippen molar-refractivity contribution in [1.29, 1.82) is 0 Å². The third-order valence-corrected chi connectivity index (χ3v) is 5.98. The van der Waals surface area contributed by atoms with Crippen molar-refractivity contribution >= 4 is 5.91 Å². The molecule has 2 N–H and O–H groups in total. The molecule has 2 fully saturated rings. The molecule has 2 aromatic rings. The van der Waals surface area contributed by atoms with Gasteiger partial charge in [0.15, 0.2) is 0 Å².